The number of aryl methyl sites for hydroxylation is 2. The average Bonchev–Trinajstić information content (AvgIpc) is 3.58. The van der Waals surface area contributed by atoms with Gasteiger partial charge in [-0.05, 0) is 95.7 Å². The fourth-order valence-corrected chi connectivity index (χ4v) is 5.18. The lowest BCUT2D eigenvalue weighted by Gasteiger charge is -2.16. The van der Waals surface area contributed by atoms with E-state index in [0.29, 0.717) is 13.2 Å². The highest BCUT2D eigenvalue weighted by Gasteiger charge is 2.23. The van der Waals surface area contributed by atoms with Gasteiger partial charge in [0.2, 0.25) is 0 Å². The quantitative estimate of drug-likeness (QED) is 0.101. The highest BCUT2D eigenvalue weighted by Crippen LogP contribution is 2.23. The van der Waals surface area contributed by atoms with Crippen molar-refractivity contribution in [2.45, 2.75) is 77.3 Å². The van der Waals surface area contributed by atoms with Crippen LogP contribution in [0.5, 0.6) is 0 Å². The summed E-state index contributed by atoms with van der Waals surface area (Å²) in [4.78, 5) is 41.2. The fourth-order valence-electron chi connectivity index (χ4n) is 3.72. The molecule has 0 aliphatic rings. The van der Waals surface area contributed by atoms with Crippen LogP contribution in [0.2, 0.25) is 0 Å². The zero-order chi connectivity index (χ0) is 31.8. The molecule has 4 aromatic rings. The molecule has 4 rings (SSSR count). The van der Waals surface area contributed by atoms with Crippen LogP contribution in [0.1, 0.15) is 65.8 Å². The minimum atomic E-state index is -0.454. The Morgan fingerprint density at radius 1 is 0.814 bits per heavy atom. The number of ether oxygens (including phenoxy) is 2. The van der Waals surface area contributed by atoms with Crippen LogP contribution < -0.4 is 0 Å². The SMILES string of the molecule is CSc1nc(CCCOC(=O)C(C)(C)C)cn2c(Br)cnc12.CSc1nc(CCCOC(=O)C(C)(C)C)cn2ccnc12. The second-order valence-electron chi connectivity index (χ2n) is 11.9. The summed E-state index contributed by atoms with van der Waals surface area (Å²) in [5.74, 6) is -0.330. The van der Waals surface area contributed by atoms with Gasteiger partial charge in [-0.1, -0.05) is 0 Å². The number of halogens is 1. The Morgan fingerprint density at radius 2 is 1.33 bits per heavy atom. The first kappa shape index (κ1) is 34.8. The predicted molar refractivity (Wildman–Crippen MR) is 175 cm³/mol. The molecule has 43 heavy (non-hydrogen) atoms. The molecule has 0 bridgehead atoms. The normalized spacial score (nSPS) is 11.8. The molecule has 234 valence electrons. The van der Waals surface area contributed by atoms with Crippen LogP contribution in [0.3, 0.4) is 0 Å². The molecular weight excluding hydrogens is 652 g/mol. The van der Waals surface area contributed by atoms with Gasteiger partial charge in [-0.25, -0.2) is 19.9 Å². The Hall–Kier alpha value is -2.64. The zero-order valence-electron chi connectivity index (χ0n) is 26.1. The number of rotatable bonds is 10. The number of imidazole rings is 2. The Labute approximate surface area is 270 Å². The van der Waals surface area contributed by atoms with E-state index >= 15 is 0 Å². The van der Waals surface area contributed by atoms with E-state index in [1.54, 1.807) is 35.9 Å². The summed E-state index contributed by atoms with van der Waals surface area (Å²) in [5.41, 5.74) is 2.77. The van der Waals surface area contributed by atoms with Crippen molar-refractivity contribution in [2.24, 2.45) is 10.8 Å². The van der Waals surface area contributed by atoms with Crippen LogP contribution in [0.4, 0.5) is 0 Å². The van der Waals surface area contributed by atoms with E-state index in [-0.39, 0.29) is 11.9 Å². The summed E-state index contributed by atoms with van der Waals surface area (Å²) in [6.45, 7) is 12.0. The van der Waals surface area contributed by atoms with Gasteiger partial charge in [-0.15, -0.1) is 23.5 Å². The Kier molecular flexibility index (Phi) is 12.5. The molecule has 0 fully saturated rings. The number of thioether (sulfide) groups is 2. The number of fused-ring (bicyclic) bond motifs is 2. The first-order valence-corrected chi connectivity index (χ1v) is 17.3. The van der Waals surface area contributed by atoms with Crippen LogP contribution in [-0.4, -0.2) is 66.4 Å². The van der Waals surface area contributed by atoms with Gasteiger partial charge >= 0.3 is 11.9 Å². The summed E-state index contributed by atoms with van der Waals surface area (Å²) in [7, 11) is 0. The summed E-state index contributed by atoms with van der Waals surface area (Å²) in [5, 5.41) is 1.82. The maximum absolute atomic E-state index is 11.7. The van der Waals surface area contributed by atoms with E-state index in [2.05, 4.69) is 35.9 Å². The minimum absolute atomic E-state index is 0.162. The highest BCUT2D eigenvalue weighted by molar-refractivity contribution is 9.10. The molecule has 0 radical (unpaired) electrons. The third kappa shape index (κ3) is 9.94. The van der Waals surface area contributed by atoms with Gasteiger partial charge in [0, 0.05) is 24.8 Å². The summed E-state index contributed by atoms with van der Waals surface area (Å²) in [6, 6.07) is 0. The van der Waals surface area contributed by atoms with Crippen LogP contribution in [-0.2, 0) is 31.9 Å². The first-order chi connectivity index (χ1) is 20.2. The third-order valence-corrected chi connectivity index (χ3v) is 8.00. The van der Waals surface area contributed by atoms with Gasteiger partial charge in [-0.3, -0.25) is 14.0 Å². The number of hydrogen-bond acceptors (Lipinski definition) is 10. The van der Waals surface area contributed by atoms with Crippen molar-refractivity contribution in [3.8, 4) is 0 Å². The molecule has 0 aliphatic heterocycles. The highest BCUT2D eigenvalue weighted by atomic mass is 79.9. The molecule has 0 atom stereocenters. The molecule has 0 N–H and O–H groups in total. The van der Waals surface area contributed by atoms with Gasteiger partial charge < -0.3 is 13.9 Å². The molecule has 0 amide bonds. The van der Waals surface area contributed by atoms with Crippen molar-refractivity contribution in [1.29, 1.82) is 0 Å². The van der Waals surface area contributed by atoms with Crippen molar-refractivity contribution in [1.82, 2.24) is 28.7 Å². The molecule has 4 aromatic heterocycles. The lowest BCUT2D eigenvalue weighted by Crippen LogP contribution is -2.23. The smallest absolute Gasteiger partial charge is 0.311 e. The first-order valence-electron chi connectivity index (χ1n) is 14.0. The van der Waals surface area contributed by atoms with E-state index in [0.717, 1.165) is 63.0 Å². The minimum Gasteiger partial charge on any atom is -0.465 e. The van der Waals surface area contributed by atoms with E-state index in [9.17, 15) is 9.59 Å². The molecule has 0 saturated carbocycles. The summed E-state index contributed by atoms with van der Waals surface area (Å²) >= 11 is 6.64. The van der Waals surface area contributed by atoms with Gasteiger partial charge in [0.1, 0.15) is 14.7 Å². The second-order valence-corrected chi connectivity index (χ2v) is 14.3. The lowest BCUT2D eigenvalue weighted by atomic mass is 9.97. The Balaban J connectivity index is 0.000000236. The fraction of sp³-hybridized carbons (Fsp3) is 0.533. The number of nitrogens with zero attached hydrogens (tertiary/aromatic N) is 6. The van der Waals surface area contributed by atoms with Gasteiger partial charge in [0.25, 0.3) is 0 Å². The monoisotopic (exact) mass is 692 g/mol. The number of aromatic nitrogens is 6. The van der Waals surface area contributed by atoms with Gasteiger partial charge in [-0.2, -0.15) is 0 Å². The largest absolute Gasteiger partial charge is 0.465 e. The van der Waals surface area contributed by atoms with Crippen molar-refractivity contribution in [3.05, 3.63) is 47.0 Å². The lowest BCUT2D eigenvalue weighted by molar-refractivity contribution is -0.153. The number of carbonyl (C=O) groups is 2. The van der Waals surface area contributed by atoms with E-state index in [1.807, 2.05) is 81.4 Å². The molecule has 0 saturated heterocycles. The van der Waals surface area contributed by atoms with Gasteiger partial charge in [0.15, 0.2) is 11.3 Å². The van der Waals surface area contributed by atoms with E-state index in [1.165, 1.54) is 0 Å². The number of carbonyl (C=O) groups excluding carboxylic acids is 2. The van der Waals surface area contributed by atoms with Crippen molar-refractivity contribution >= 4 is 62.7 Å². The van der Waals surface area contributed by atoms with Crippen molar-refractivity contribution < 1.29 is 19.1 Å². The standard InChI is InChI=1S/C15H20BrN3O2S.C15H21N3O2S/c1-15(2,3)14(20)21-7-5-6-10-9-19-11(16)8-17-12(19)13(18-10)22-4;1-15(2,3)14(19)20-9-5-6-11-10-18-8-7-16-12(18)13(17-11)21-4/h8-9H,5-7H2,1-4H3;7-8,10H,5-6,9H2,1-4H3. The van der Waals surface area contributed by atoms with E-state index in [4.69, 9.17) is 9.47 Å². The molecular formula is C30H41BrN6O4S2. The average molecular weight is 694 g/mol. The zero-order valence-corrected chi connectivity index (χ0v) is 29.4. The Bertz CT molecular complexity index is 1540. The second kappa shape index (κ2) is 15.4. The van der Waals surface area contributed by atoms with Crippen LogP contribution in [0.25, 0.3) is 11.3 Å². The van der Waals surface area contributed by atoms with Crippen LogP contribution in [0.15, 0.2) is 45.6 Å². The number of hydrogen-bond donors (Lipinski definition) is 0. The third-order valence-electron chi connectivity index (χ3n) is 6.09. The van der Waals surface area contributed by atoms with Crippen LogP contribution >= 0.6 is 39.5 Å². The Morgan fingerprint density at radius 3 is 1.84 bits per heavy atom. The number of esters is 2. The molecule has 0 spiro atoms. The van der Waals surface area contributed by atoms with E-state index < -0.39 is 10.8 Å². The molecule has 0 aromatic carbocycles. The maximum Gasteiger partial charge on any atom is 0.311 e. The summed E-state index contributed by atoms with van der Waals surface area (Å²) < 4.78 is 15.4. The molecule has 4 heterocycles. The topological polar surface area (TPSA) is 113 Å². The maximum atomic E-state index is 11.7. The van der Waals surface area contributed by atoms with Crippen molar-refractivity contribution in [3.63, 3.8) is 0 Å². The molecule has 0 aliphatic carbocycles. The van der Waals surface area contributed by atoms with Gasteiger partial charge in [0.05, 0.1) is 41.6 Å². The summed E-state index contributed by atoms with van der Waals surface area (Å²) in [6.07, 6.45) is 16.4. The van der Waals surface area contributed by atoms with Crippen LogP contribution in [0, 0.1) is 10.8 Å². The predicted octanol–water partition coefficient (Wildman–Crippen LogP) is 6.71. The molecule has 0 unspecified atom stereocenters. The van der Waals surface area contributed by atoms with Crippen molar-refractivity contribution in [2.75, 3.05) is 25.7 Å². The molecule has 13 heteroatoms. The molecule has 10 nitrogen and oxygen atoms in total.